The van der Waals surface area contributed by atoms with Gasteiger partial charge in [0.05, 0.1) is 32.2 Å². The summed E-state index contributed by atoms with van der Waals surface area (Å²) < 4.78 is 8.85. The van der Waals surface area contributed by atoms with Crippen molar-refractivity contribution in [3.05, 3.63) is 55.2 Å². The zero-order chi connectivity index (χ0) is 21.4. The van der Waals surface area contributed by atoms with E-state index in [1.54, 1.807) is 21.8 Å². The number of nitrogens with one attached hydrogen (secondary N) is 1. The van der Waals surface area contributed by atoms with Crippen LogP contribution in [-0.2, 0) is 18.8 Å². The van der Waals surface area contributed by atoms with E-state index < -0.39 is 5.54 Å². The molecule has 0 radical (unpaired) electrons. The Morgan fingerprint density at radius 1 is 1.00 bits per heavy atom. The lowest BCUT2D eigenvalue weighted by Gasteiger charge is -2.41. The van der Waals surface area contributed by atoms with E-state index in [0.717, 1.165) is 27.8 Å². The number of ether oxygens (including phenoxy) is 1. The van der Waals surface area contributed by atoms with Gasteiger partial charge in [0.1, 0.15) is 11.4 Å². The van der Waals surface area contributed by atoms with Crippen LogP contribution in [0, 0.1) is 0 Å². The Morgan fingerprint density at radius 3 is 2.32 bits per heavy atom. The number of aryl methyl sites for hydroxylation is 2. The van der Waals surface area contributed by atoms with Crippen LogP contribution in [0.1, 0.15) is 0 Å². The second-order valence-corrected chi connectivity index (χ2v) is 7.90. The molecule has 1 saturated heterocycles. The van der Waals surface area contributed by atoms with Crippen LogP contribution in [-0.4, -0.2) is 60.0 Å². The van der Waals surface area contributed by atoms with Crippen LogP contribution in [0.15, 0.2) is 55.2 Å². The topological polar surface area (TPSA) is 103 Å². The smallest absolute Gasteiger partial charge is 0.161 e. The van der Waals surface area contributed by atoms with E-state index in [4.69, 9.17) is 9.72 Å². The van der Waals surface area contributed by atoms with Crippen molar-refractivity contribution in [2.24, 2.45) is 14.1 Å². The maximum Gasteiger partial charge on any atom is 0.161 e. The first-order valence-corrected chi connectivity index (χ1v) is 9.98. The van der Waals surface area contributed by atoms with Crippen LogP contribution in [0.4, 0.5) is 5.82 Å². The summed E-state index contributed by atoms with van der Waals surface area (Å²) in [5, 5.41) is 21.8. The average molecular weight is 417 g/mol. The Morgan fingerprint density at radius 2 is 1.71 bits per heavy atom. The van der Waals surface area contributed by atoms with Crippen LogP contribution in [0.3, 0.4) is 0 Å². The predicted octanol–water partition coefficient (Wildman–Crippen LogP) is 2.12. The monoisotopic (exact) mass is 417 g/mol. The number of aromatic nitrogens is 6. The van der Waals surface area contributed by atoms with Crippen molar-refractivity contribution in [3.8, 4) is 33.6 Å². The number of rotatable bonds is 6. The Balaban J connectivity index is 1.56. The average Bonchev–Trinajstić information content (AvgIpc) is 3.39. The number of hydrogen-bond acceptors (Lipinski definition) is 7. The zero-order valence-electron chi connectivity index (χ0n) is 17.4. The summed E-state index contributed by atoms with van der Waals surface area (Å²) in [6.45, 7) is 0.799. The number of anilines is 1. The van der Waals surface area contributed by atoms with Gasteiger partial charge >= 0.3 is 0 Å². The Kier molecular flexibility index (Phi) is 4.76. The standard InChI is InChI=1S/C22H23N7O2/c1-28-10-17(7-24-28)15-4-3-5-16(6-15)20-23-9-19(18-8-25-29(2)11-18)21(26-20)27-22(12-30)13-31-14-22/h3-11,30H,12-14H2,1-2H3,(H,23,26,27). The molecule has 1 aromatic carbocycles. The lowest BCUT2D eigenvalue weighted by atomic mass is 9.98. The molecule has 1 aliphatic rings. The number of aliphatic hydroxyl groups excluding tert-OH is 1. The number of aliphatic hydroxyl groups is 1. The molecule has 0 atom stereocenters. The first-order valence-electron chi connectivity index (χ1n) is 9.98. The third kappa shape index (κ3) is 3.69. The molecule has 0 bridgehead atoms. The van der Waals surface area contributed by atoms with Crippen LogP contribution in [0.5, 0.6) is 0 Å². The highest BCUT2D eigenvalue weighted by atomic mass is 16.5. The molecule has 2 N–H and O–H groups in total. The molecule has 5 rings (SSSR count). The van der Waals surface area contributed by atoms with Crippen molar-refractivity contribution < 1.29 is 9.84 Å². The first-order chi connectivity index (χ1) is 15.0. The fourth-order valence-electron chi connectivity index (χ4n) is 3.60. The lowest BCUT2D eigenvalue weighted by Crippen LogP contribution is -2.58. The van der Waals surface area contributed by atoms with Gasteiger partial charge in [-0.05, 0) is 11.6 Å². The highest BCUT2D eigenvalue weighted by Gasteiger charge is 2.39. The molecule has 9 heteroatoms. The largest absolute Gasteiger partial charge is 0.394 e. The second kappa shape index (κ2) is 7.60. The van der Waals surface area contributed by atoms with Crippen molar-refractivity contribution >= 4 is 5.82 Å². The summed E-state index contributed by atoms with van der Waals surface area (Å²) in [6, 6.07) is 8.05. The maximum absolute atomic E-state index is 9.90. The van der Waals surface area contributed by atoms with Gasteiger partial charge in [0.15, 0.2) is 5.82 Å². The predicted molar refractivity (Wildman–Crippen MR) is 116 cm³/mol. The fraction of sp³-hybridized carbons (Fsp3) is 0.273. The molecule has 3 aromatic heterocycles. The van der Waals surface area contributed by atoms with Gasteiger partial charge in [0, 0.05) is 54.9 Å². The maximum atomic E-state index is 9.90. The minimum absolute atomic E-state index is 0.0463. The van der Waals surface area contributed by atoms with Gasteiger partial charge in [-0.3, -0.25) is 9.36 Å². The SMILES string of the molecule is Cn1cc(-c2cccc(-c3ncc(-c4cnn(C)c4)c(NC4(CO)COC4)n3)c2)cn1. The summed E-state index contributed by atoms with van der Waals surface area (Å²) >= 11 is 0. The molecule has 4 heterocycles. The van der Waals surface area contributed by atoms with E-state index >= 15 is 0 Å². The molecule has 9 nitrogen and oxygen atoms in total. The molecule has 0 amide bonds. The molecule has 1 aliphatic heterocycles. The van der Waals surface area contributed by atoms with E-state index in [9.17, 15) is 5.11 Å². The van der Waals surface area contributed by atoms with Crippen molar-refractivity contribution in [1.29, 1.82) is 0 Å². The van der Waals surface area contributed by atoms with Gasteiger partial charge < -0.3 is 15.2 Å². The lowest BCUT2D eigenvalue weighted by molar-refractivity contribution is -0.0651. The van der Waals surface area contributed by atoms with Crippen LogP contribution in [0.2, 0.25) is 0 Å². The molecule has 158 valence electrons. The zero-order valence-corrected chi connectivity index (χ0v) is 17.4. The third-order valence-corrected chi connectivity index (χ3v) is 5.41. The van der Waals surface area contributed by atoms with E-state index in [1.807, 2.05) is 57.0 Å². The highest BCUT2D eigenvalue weighted by Crippen LogP contribution is 2.32. The highest BCUT2D eigenvalue weighted by molar-refractivity contribution is 5.77. The van der Waals surface area contributed by atoms with Crippen molar-refractivity contribution in [2.75, 3.05) is 25.1 Å². The molecule has 0 saturated carbocycles. The number of nitrogens with zero attached hydrogens (tertiary/aromatic N) is 6. The number of benzene rings is 1. The van der Waals surface area contributed by atoms with E-state index in [0.29, 0.717) is 24.9 Å². The summed E-state index contributed by atoms with van der Waals surface area (Å²) in [7, 11) is 3.76. The van der Waals surface area contributed by atoms with Crippen LogP contribution < -0.4 is 5.32 Å². The quantitative estimate of drug-likeness (QED) is 0.495. The van der Waals surface area contributed by atoms with Gasteiger partial charge in [-0.15, -0.1) is 0 Å². The molecular weight excluding hydrogens is 394 g/mol. The summed E-state index contributed by atoms with van der Waals surface area (Å²) in [5.74, 6) is 1.23. The van der Waals surface area contributed by atoms with E-state index in [-0.39, 0.29) is 6.61 Å². The summed E-state index contributed by atoms with van der Waals surface area (Å²) in [4.78, 5) is 9.47. The Bertz CT molecular complexity index is 1220. The molecule has 1 fully saturated rings. The van der Waals surface area contributed by atoms with E-state index in [1.165, 1.54) is 0 Å². The second-order valence-electron chi connectivity index (χ2n) is 7.90. The molecule has 31 heavy (non-hydrogen) atoms. The fourth-order valence-corrected chi connectivity index (χ4v) is 3.60. The Labute approximate surface area is 179 Å². The van der Waals surface area contributed by atoms with Crippen molar-refractivity contribution in [2.45, 2.75) is 5.54 Å². The summed E-state index contributed by atoms with van der Waals surface area (Å²) in [6.07, 6.45) is 9.29. The molecule has 0 unspecified atom stereocenters. The summed E-state index contributed by atoms with van der Waals surface area (Å²) in [5.41, 5.74) is 4.14. The molecular formula is C22H23N7O2. The Hall–Kier alpha value is -3.56. The van der Waals surface area contributed by atoms with Gasteiger partial charge in [-0.25, -0.2) is 9.97 Å². The normalized spacial score (nSPS) is 14.9. The van der Waals surface area contributed by atoms with Crippen molar-refractivity contribution in [1.82, 2.24) is 29.5 Å². The van der Waals surface area contributed by atoms with Crippen LogP contribution in [0.25, 0.3) is 33.6 Å². The van der Waals surface area contributed by atoms with Gasteiger partial charge in [0.25, 0.3) is 0 Å². The van der Waals surface area contributed by atoms with Gasteiger partial charge in [-0.1, -0.05) is 18.2 Å². The van der Waals surface area contributed by atoms with Gasteiger partial charge in [-0.2, -0.15) is 10.2 Å². The van der Waals surface area contributed by atoms with Crippen molar-refractivity contribution in [3.63, 3.8) is 0 Å². The minimum atomic E-state index is -0.542. The first kappa shape index (κ1) is 19.4. The third-order valence-electron chi connectivity index (χ3n) is 5.41. The molecule has 0 spiro atoms. The molecule has 0 aliphatic carbocycles. The minimum Gasteiger partial charge on any atom is -0.394 e. The van der Waals surface area contributed by atoms with E-state index in [2.05, 4.69) is 20.5 Å². The van der Waals surface area contributed by atoms with Gasteiger partial charge in [0.2, 0.25) is 0 Å². The molecule has 4 aromatic rings. The van der Waals surface area contributed by atoms with Crippen LogP contribution >= 0.6 is 0 Å². The number of hydrogen-bond donors (Lipinski definition) is 2.